The molecule has 0 saturated carbocycles. The first-order chi connectivity index (χ1) is 18.0. The lowest BCUT2D eigenvalue weighted by molar-refractivity contribution is -0.139. The van der Waals surface area contributed by atoms with Crippen LogP contribution in [0.15, 0.2) is 77.7 Å². The average molecular weight is 560 g/mol. The van der Waals surface area contributed by atoms with Gasteiger partial charge in [-0.05, 0) is 74.4 Å². The van der Waals surface area contributed by atoms with E-state index >= 15 is 0 Å². The number of amides is 2. The maximum absolute atomic E-state index is 13.8. The Bertz CT molecular complexity index is 1350. The summed E-state index contributed by atoms with van der Waals surface area (Å²) in [5.74, 6) is -1.40. The summed E-state index contributed by atoms with van der Waals surface area (Å²) in [6.45, 7) is 5.18. The van der Waals surface area contributed by atoms with Gasteiger partial charge < -0.3 is 10.2 Å². The number of carbonyl (C=O) groups is 2. The van der Waals surface area contributed by atoms with Gasteiger partial charge in [0.2, 0.25) is 11.8 Å². The van der Waals surface area contributed by atoms with Crippen molar-refractivity contribution in [3.05, 3.63) is 94.8 Å². The molecule has 0 aliphatic carbocycles. The number of sulfonamides is 1. The predicted octanol–water partition coefficient (Wildman–Crippen LogP) is 4.93. The van der Waals surface area contributed by atoms with E-state index in [0.717, 1.165) is 9.87 Å². The molecule has 0 heterocycles. The van der Waals surface area contributed by atoms with E-state index < -0.39 is 34.3 Å². The average Bonchev–Trinajstić information content (AvgIpc) is 2.90. The molecule has 3 rings (SSSR count). The van der Waals surface area contributed by atoms with Crippen molar-refractivity contribution in [2.45, 2.75) is 44.7 Å². The predicted molar refractivity (Wildman–Crippen MR) is 147 cm³/mol. The second-order valence-corrected chi connectivity index (χ2v) is 11.2. The van der Waals surface area contributed by atoms with Crippen molar-refractivity contribution in [3.63, 3.8) is 0 Å². The Kier molecular flexibility index (Phi) is 9.88. The Hall–Kier alpha value is -3.43. The Morgan fingerprint density at radius 3 is 2.16 bits per heavy atom. The number of aryl methyl sites for hydroxylation is 1. The normalized spacial score (nSPS) is 12.0. The number of anilines is 1. The topological polar surface area (TPSA) is 86.8 Å². The molecule has 3 aromatic rings. The minimum Gasteiger partial charge on any atom is -0.354 e. The van der Waals surface area contributed by atoms with Crippen LogP contribution in [0.2, 0.25) is 5.02 Å². The molecule has 0 bridgehead atoms. The Morgan fingerprint density at radius 2 is 1.58 bits per heavy atom. The third-order valence-corrected chi connectivity index (χ3v) is 8.03. The monoisotopic (exact) mass is 559 g/mol. The second-order valence-electron chi connectivity index (χ2n) is 8.92. The molecular weight excluding hydrogens is 529 g/mol. The summed E-state index contributed by atoms with van der Waals surface area (Å²) in [6, 6.07) is 17.1. The van der Waals surface area contributed by atoms with Crippen LogP contribution in [0, 0.1) is 12.7 Å². The maximum Gasteiger partial charge on any atom is 0.264 e. The summed E-state index contributed by atoms with van der Waals surface area (Å²) in [5, 5.41) is 3.18. The number of hydrogen-bond acceptors (Lipinski definition) is 4. The van der Waals surface area contributed by atoms with Gasteiger partial charge in [0.1, 0.15) is 18.4 Å². The van der Waals surface area contributed by atoms with Gasteiger partial charge in [0.15, 0.2) is 0 Å². The first-order valence-electron chi connectivity index (χ1n) is 12.2. The molecule has 3 aromatic carbocycles. The highest BCUT2D eigenvalue weighted by Gasteiger charge is 2.32. The molecule has 0 unspecified atom stereocenters. The third kappa shape index (κ3) is 7.33. The smallest absolute Gasteiger partial charge is 0.264 e. The molecule has 1 N–H and O–H groups in total. The van der Waals surface area contributed by atoms with Crippen molar-refractivity contribution in [1.29, 1.82) is 0 Å². The van der Waals surface area contributed by atoms with Gasteiger partial charge in [-0.15, -0.1) is 0 Å². The fourth-order valence-corrected chi connectivity index (χ4v) is 5.28. The summed E-state index contributed by atoms with van der Waals surface area (Å²) in [6.07, 6.45) is 0.712. The minimum atomic E-state index is -4.16. The number of halogens is 2. The SMILES string of the molecule is CCCNC(=O)[C@H](C)N(Cc1ccc(F)cc1)C(=O)CN(c1ccc(Cl)cc1)S(=O)(=O)c1ccc(C)cc1. The summed E-state index contributed by atoms with van der Waals surface area (Å²) in [5.41, 5.74) is 1.72. The lowest BCUT2D eigenvalue weighted by Crippen LogP contribution is -2.51. The third-order valence-electron chi connectivity index (χ3n) is 5.99. The highest BCUT2D eigenvalue weighted by atomic mass is 35.5. The van der Waals surface area contributed by atoms with E-state index in [-0.39, 0.29) is 23.0 Å². The molecule has 202 valence electrons. The number of benzene rings is 3. The van der Waals surface area contributed by atoms with Crippen LogP contribution in [0.5, 0.6) is 0 Å². The number of rotatable bonds is 11. The van der Waals surface area contributed by atoms with Gasteiger partial charge in [0.05, 0.1) is 10.6 Å². The van der Waals surface area contributed by atoms with Crippen LogP contribution in [-0.2, 0) is 26.2 Å². The van der Waals surface area contributed by atoms with E-state index in [1.165, 1.54) is 65.6 Å². The number of hydrogen-bond donors (Lipinski definition) is 1. The van der Waals surface area contributed by atoms with Crippen LogP contribution >= 0.6 is 11.6 Å². The van der Waals surface area contributed by atoms with Gasteiger partial charge in [-0.25, -0.2) is 12.8 Å². The van der Waals surface area contributed by atoms with Crippen molar-refractivity contribution in [3.8, 4) is 0 Å². The van der Waals surface area contributed by atoms with E-state index in [2.05, 4.69) is 5.32 Å². The van der Waals surface area contributed by atoms with E-state index in [9.17, 15) is 22.4 Å². The van der Waals surface area contributed by atoms with Crippen molar-refractivity contribution in [2.24, 2.45) is 0 Å². The largest absolute Gasteiger partial charge is 0.354 e. The fourth-order valence-electron chi connectivity index (χ4n) is 3.74. The molecule has 7 nitrogen and oxygen atoms in total. The van der Waals surface area contributed by atoms with Crippen molar-refractivity contribution < 1.29 is 22.4 Å². The second kappa shape index (κ2) is 12.9. The fraction of sp³-hybridized carbons (Fsp3) is 0.286. The first kappa shape index (κ1) is 29.1. The Morgan fingerprint density at radius 1 is 0.974 bits per heavy atom. The Labute approximate surface area is 228 Å². The summed E-state index contributed by atoms with van der Waals surface area (Å²) in [4.78, 5) is 27.9. The minimum absolute atomic E-state index is 0.0150. The molecule has 38 heavy (non-hydrogen) atoms. The standard InChI is InChI=1S/C28H31ClFN3O4S/c1-4-17-31-28(35)21(3)32(18-22-7-11-24(30)12-8-22)27(34)19-33(25-13-9-23(29)10-14-25)38(36,37)26-15-5-20(2)6-16-26/h5-16,21H,4,17-19H2,1-3H3,(H,31,35)/t21-/m0/s1. The van der Waals surface area contributed by atoms with Crippen molar-refractivity contribution >= 4 is 39.1 Å². The molecule has 1 atom stereocenters. The van der Waals surface area contributed by atoms with Crippen LogP contribution in [0.1, 0.15) is 31.4 Å². The zero-order chi connectivity index (χ0) is 27.9. The van der Waals surface area contributed by atoms with Gasteiger partial charge in [0, 0.05) is 18.1 Å². The van der Waals surface area contributed by atoms with Gasteiger partial charge in [-0.1, -0.05) is 48.4 Å². The Balaban J connectivity index is 2.00. The first-order valence-corrected chi connectivity index (χ1v) is 14.0. The van der Waals surface area contributed by atoms with Crippen molar-refractivity contribution in [1.82, 2.24) is 10.2 Å². The van der Waals surface area contributed by atoms with E-state index in [0.29, 0.717) is 23.6 Å². The molecule has 0 fully saturated rings. The molecule has 0 radical (unpaired) electrons. The van der Waals surface area contributed by atoms with Gasteiger partial charge in [-0.2, -0.15) is 0 Å². The molecule has 2 amide bonds. The van der Waals surface area contributed by atoms with Crippen LogP contribution in [0.3, 0.4) is 0 Å². The quantitative estimate of drug-likeness (QED) is 0.361. The lowest BCUT2D eigenvalue weighted by atomic mass is 10.1. The highest BCUT2D eigenvalue weighted by Crippen LogP contribution is 2.26. The lowest BCUT2D eigenvalue weighted by Gasteiger charge is -2.32. The zero-order valence-electron chi connectivity index (χ0n) is 21.5. The molecule has 0 saturated heterocycles. The molecule has 10 heteroatoms. The number of nitrogens with zero attached hydrogens (tertiary/aromatic N) is 2. The van der Waals surface area contributed by atoms with Gasteiger partial charge >= 0.3 is 0 Å². The number of nitrogens with one attached hydrogen (secondary N) is 1. The molecule has 0 spiro atoms. The van der Waals surface area contributed by atoms with Gasteiger partial charge in [0.25, 0.3) is 10.0 Å². The van der Waals surface area contributed by atoms with Crippen LogP contribution in [-0.4, -0.2) is 44.3 Å². The number of carbonyl (C=O) groups excluding carboxylic acids is 2. The zero-order valence-corrected chi connectivity index (χ0v) is 23.1. The van der Waals surface area contributed by atoms with E-state index in [4.69, 9.17) is 11.6 Å². The van der Waals surface area contributed by atoms with Crippen LogP contribution < -0.4 is 9.62 Å². The van der Waals surface area contributed by atoms with E-state index in [1.54, 1.807) is 19.1 Å². The highest BCUT2D eigenvalue weighted by molar-refractivity contribution is 7.92. The summed E-state index contributed by atoms with van der Waals surface area (Å²) >= 11 is 6.03. The van der Waals surface area contributed by atoms with Crippen LogP contribution in [0.25, 0.3) is 0 Å². The van der Waals surface area contributed by atoms with Crippen molar-refractivity contribution in [2.75, 3.05) is 17.4 Å². The molecule has 0 aliphatic rings. The summed E-state index contributed by atoms with van der Waals surface area (Å²) in [7, 11) is -4.16. The van der Waals surface area contributed by atoms with E-state index in [1.807, 2.05) is 13.8 Å². The molecule has 0 aliphatic heterocycles. The molecular formula is C28H31ClFN3O4S. The summed E-state index contributed by atoms with van der Waals surface area (Å²) < 4.78 is 41.9. The van der Waals surface area contributed by atoms with Crippen LogP contribution in [0.4, 0.5) is 10.1 Å². The molecule has 0 aromatic heterocycles. The van der Waals surface area contributed by atoms with Gasteiger partial charge in [-0.3, -0.25) is 13.9 Å². The maximum atomic E-state index is 13.8.